The van der Waals surface area contributed by atoms with Gasteiger partial charge in [-0.25, -0.2) is 4.39 Å². The van der Waals surface area contributed by atoms with Crippen molar-refractivity contribution in [3.05, 3.63) is 53.8 Å². The lowest BCUT2D eigenvalue weighted by Crippen LogP contribution is -2.17. The van der Waals surface area contributed by atoms with Crippen LogP contribution in [0.3, 0.4) is 0 Å². The molecule has 1 aromatic carbocycles. The van der Waals surface area contributed by atoms with Crippen molar-refractivity contribution in [2.24, 2.45) is 0 Å². The highest BCUT2D eigenvalue weighted by atomic mass is 79.9. The first-order valence-electron chi connectivity index (χ1n) is 5.10. The van der Waals surface area contributed by atoms with E-state index in [4.69, 9.17) is 11.6 Å². The molecular formula is C12H9Br2ClFNS. The first-order chi connectivity index (χ1) is 8.52. The van der Waals surface area contributed by atoms with Crippen LogP contribution in [0, 0.1) is 5.82 Å². The van der Waals surface area contributed by atoms with Gasteiger partial charge in [0.2, 0.25) is 0 Å². The highest BCUT2D eigenvalue weighted by Gasteiger charge is 2.19. The molecule has 96 valence electrons. The molecule has 0 amide bonds. The zero-order valence-electron chi connectivity index (χ0n) is 9.31. The zero-order valence-corrected chi connectivity index (χ0v) is 14.1. The molecule has 0 bridgehead atoms. The van der Waals surface area contributed by atoms with Gasteiger partial charge in [0, 0.05) is 9.35 Å². The summed E-state index contributed by atoms with van der Waals surface area (Å²) in [5, 5.41) is 3.85. The van der Waals surface area contributed by atoms with E-state index in [1.807, 2.05) is 13.1 Å². The standard InChI is InChI=1S/C12H9Br2ClFNS/c1-17-11(10-5-9(15)12(14)18-10)7-4-6(16)2-3-8(7)13/h2-5,11,17H,1H3. The summed E-state index contributed by atoms with van der Waals surface area (Å²) in [5.41, 5.74) is 0.850. The van der Waals surface area contributed by atoms with Crippen LogP contribution in [0.5, 0.6) is 0 Å². The predicted octanol–water partition coefficient (Wildman–Crippen LogP) is 5.37. The van der Waals surface area contributed by atoms with Gasteiger partial charge < -0.3 is 5.32 Å². The molecule has 18 heavy (non-hydrogen) atoms. The Hall–Kier alpha value is 0.0600. The van der Waals surface area contributed by atoms with Crippen LogP contribution in [0.15, 0.2) is 32.5 Å². The van der Waals surface area contributed by atoms with E-state index >= 15 is 0 Å². The summed E-state index contributed by atoms with van der Waals surface area (Å²) >= 11 is 14.4. The van der Waals surface area contributed by atoms with E-state index in [2.05, 4.69) is 37.2 Å². The lowest BCUT2D eigenvalue weighted by Gasteiger charge is -2.16. The van der Waals surface area contributed by atoms with Crippen molar-refractivity contribution in [2.75, 3.05) is 7.05 Å². The molecule has 0 saturated heterocycles. The SMILES string of the molecule is CNC(c1cc(Cl)c(Br)s1)c1cc(F)ccc1Br. The second-order valence-electron chi connectivity index (χ2n) is 3.66. The van der Waals surface area contributed by atoms with Crippen LogP contribution < -0.4 is 5.32 Å². The average Bonchev–Trinajstić information content (AvgIpc) is 2.65. The molecule has 1 atom stereocenters. The van der Waals surface area contributed by atoms with E-state index in [9.17, 15) is 4.39 Å². The Labute approximate surface area is 131 Å². The Morgan fingerprint density at radius 2 is 2.06 bits per heavy atom. The molecule has 1 N–H and O–H groups in total. The third-order valence-electron chi connectivity index (χ3n) is 2.51. The fraction of sp³-hybridized carbons (Fsp3) is 0.167. The minimum atomic E-state index is -0.254. The highest BCUT2D eigenvalue weighted by molar-refractivity contribution is 9.11. The Balaban J connectivity index is 2.48. The van der Waals surface area contributed by atoms with Crippen LogP contribution in [-0.4, -0.2) is 7.05 Å². The van der Waals surface area contributed by atoms with Crippen LogP contribution in [0.4, 0.5) is 4.39 Å². The number of thiophene rings is 1. The highest BCUT2D eigenvalue weighted by Crippen LogP contribution is 2.39. The van der Waals surface area contributed by atoms with E-state index in [1.54, 1.807) is 6.07 Å². The molecule has 2 aromatic rings. The van der Waals surface area contributed by atoms with Crippen LogP contribution >= 0.6 is 54.8 Å². The third kappa shape index (κ3) is 2.96. The van der Waals surface area contributed by atoms with Gasteiger partial charge in [0.15, 0.2) is 0 Å². The summed E-state index contributed by atoms with van der Waals surface area (Å²) < 4.78 is 15.1. The van der Waals surface area contributed by atoms with Crippen LogP contribution in [0.2, 0.25) is 5.02 Å². The summed E-state index contributed by atoms with van der Waals surface area (Å²) in [4.78, 5) is 1.03. The number of nitrogens with one attached hydrogen (secondary N) is 1. The van der Waals surface area contributed by atoms with Gasteiger partial charge in [-0.3, -0.25) is 0 Å². The van der Waals surface area contributed by atoms with Crippen LogP contribution in [0.1, 0.15) is 16.5 Å². The fourth-order valence-corrected chi connectivity index (χ4v) is 4.04. The minimum absolute atomic E-state index is 0.0936. The summed E-state index contributed by atoms with van der Waals surface area (Å²) in [5.74, 6) is -0.254. The number of hydrogen-bond donors (Lipinski definition) is 1. The Bertz CT molecular complexity index is 554. The second kappa shape index (κ2) is 6.01. The Morgan fingerprint density at radius 3 is 2.61 bits per heavy atom. The molecule has 1 heterocycles. The first kappa shape index (κ1) is 14.5. The van der Waals surface area contributed by atoms with E-state index in [0.717, 1.165) is 18.7 Å². The van der Waals surface area contributed by atoms with Gasteiger partial charge in [0.1, 0.15) is 5.82 Å². The Kier molecular flexibility index (Phi) is 4.83. The van der Waals surface area contributed by atoms with Crippen molar-refractivity contribution in [1.29, 1.82) is 0 Å². The van der Waals surface area contributed by atoms with Crippen molar-refractivity contribution < 1.29 is 4.39 Å². The molecule has 0 aliphatic heterocycles. The molecule has 0 aliphatic rings. The van der Waals surface area contributed by atoms with E-state index in [0.29, 0.717) is 5.02 Å². The summed E-state index contributed by atoms with van der Waals surface area (Å²) in [6.45, 7) is 0. The molecule has 0 saturated carbocycles. The summed E-state index contributed by atoms with van der Waals surface area (Å²) in [7, 11) is 1.84. The Morgan fingerprint density at radius 1 is 1.33 bits per heavy atom. The van der Waals surface area contributed by atoms with E-state index in [-0.39, 0.29) is 11.9 Å². The molecule has 1 nitrogen and oxygen atoms in total. The maximum Gasteiger partial charge on any atom is 0.123 e. The van der Waals surface area contributed by atoms with E-state index < -0.39 is 0 Å². The largest absolute Gasteiger partial charge is 0.309 e. The monoisotopic (exact) mass is 411 g/mol. The van der Waals surface area contributed by atoms with Crippen molar-refractivity contribution >= 4 is 54.8 Å². The topological polar surface area (TPSA) is 12.0 Å². The first-order valence-corrected chi connectivity index (χ1v) is 7.88. The normalized spacial score (nSPS) is 12.7. The number of halogens is 4. The molecule has 1 unspecified atom stereocenters. The fourth-order valence-electron chi connectivity index (χ4n) is 1.69. The second-order valence-corrected chi connectivity index (χ2v) is 7.32. The molecule has 2 rings (SSSR count). The number of hydrogen-bond acceptors (Lipinski definition) is 2. The van der Waals surface area contributed by atoms with Gasteiger partial charge in [0.25, 0.3) is 0 Å². The van der Waals surface area contributed by atoms with Gasteiger partial charge in [-0.2, -0.15) is 0 Å². The summed E-state index contributed by atoms with van der Waals surface area (Å²) in [6.07, 6.45) is 0. The lowest BCUT2D eigenvalue weighted by atomic mass is 10.1. The van der Waals surface area contributed by atoms with Gasteiger partial charge in [-0.1, -0.05) is 27.5 Å². The van der Waals surface area contributed by atoms with Gasteiger partial charge in [-0.05, 0) is 52.8 Å². The number of rotatable bonds is 3. The predicted molar refractivity (Wildman–Crippen MR) is 82.0 cm³/mol. The molecule has 1 aromatic heterocycles. The van der Waals surface area contributed by atoms with Crippen molar-refractivity contribution in [1.82, 2.24) is 5.32 Å². The van der Waals surface area contributed by atoms with Crippen molar-refractivity contribution in [2.45, 2.75) is 6.04 Å². The maximum atomic E-state index is 13.4. The van der Waals surface area contributed by atoms with Crippen molar-refractivity contribution in [3.8, 4) is 0 Å². The molecule has 0 aliphatic carbocycles. The molecule has 0 spiro atoms. The third-order valence-corrected chi connectivity index (χ3v) is 5.77. The van der Waals surface area contributed by atoms with Gasteiger partial charge in [0.05, 0.1) is 14.9 Å². The van der Waals surface area contributed by atoms with Gasteiger partial charge in [-0.15, -0.1) is 11.3 Å². The van der Waals surface area contributed by atoms with E-state index in [1.165, 1.54) is 23.5 Å². The summed E-state index contributed by atoms with van der Waals surface area (Å²) in [6, 6.07) is 6.45. The zero-order chi connectivity index (χ0) is 13.3. The van der Waals surface area contributed by atoms with Crippen LogP contribution in [-0.2, 0) is 0 Å². The average molecular weight is 414 g/mol. The lowest BCUT2D eigenvalue weighted by molar-refractivity contribution is 0.617. The molecular weight excluding hydrogens is 404 g/mol. The molecule has 0 fully saturated rings. The quantitative estimate of drug-likeness (QED) is 0.713. The van der Waals surface area contributed by atoms with Crippen molar-refractivity contribution in [3.63, 3.8) is 0 Å². The van der Waals surface area contributed by atoms with Crippen LogP contribution in [0.25, 0.3) is 0 Å². The minimum Gasteiger partial charge on any atom is -0.309 e. The smallest absolute Gasteiger partial charge is 0.123 e. The maximum absolute atomic E-state index is 13.4. The molecule has 0 radical (unpaired) electrons. The molecule has 6 heteroatoms. The number of benzene rings is 1. The van der Waals surface area contributed by atoms with Gasteiger partial charge >= 0.3 is 0 Å².